The first-order valence-electron chi connectivity index (χ1n) is 9.60. The number of hydrogen-bond donors (Lipinski definition) is 2. The molecule has 0 aliphatic carbocycles. The van der Waals surface area contributed by atoms with E-state index in [1.807, 2.05) is 38.1 Å². The highest BCUT2D eigenvalue weighted by atomic mass is 32.2. The van der Waals surface area contributed by atoms with E-state index in [2.05, 4.69) is 42.3 Å². The van der Waals surface area contributed by atoms with E-state index in [0.29, 0.717) is 11.1 Å². The summed E-state index contributed by atoms with van der Waals surface area (Å²) in [6, 6.07) is 16.0. The van der Waals surface area contributed by atoms with Crippen LogP contribution in [0.5, 0.6) is 0 Å². The summed E-state index contributed by atoms with van der Waals surface area (Å²) >= 11 is 1.77. The van der Waals surface area contributed by atoms with Crippen LogP contribution in [0.3, 0.4) is 0 Å². The number of aromatic amines is 1. The molecule has 1 amide bonds. The molecule has 0 atom stereocenters. The number of benzene rings is 2. The lowest BCUT2D eigenvalue weighted by atomic mass is 10.1. The van der Waals surface area contributed by atoms with Gasteiger partial charge in [0, 0.05) is 34.0 Å². The fraction of sp³-hybridized carbons (Fsp3) is 0.250. The fourth-order valence-corrected chi connectivity index (χ4v) is 4.25. The van der Waals surface area contributed by atoms with Crippen LogP contribution in [0.4, 0.5) is 0 Å². The number of carbonyl (C=O) groups is 1. The van der Waals surface area contributed by atoms with Gasteiger partial charge in [-0.25, -0.2) is 0 Å². The number of amides is 1. The molecule has 0 saturated carbocycles. The van der Waals surface area contributed by atoms with Gasteiger partial charge in [-0.2, -0.15) is 0 Å². The normalized spacial score (nSPS) is 10.8. The fourth-order valence-electron chi connectivity index (χ4n) is 3.30. The van der Waals surface area contributed by atoms with Gasteiger partial charge < -0.3 is 10.3 Å². The summed E-state index contributed by atoms with van der Waals surface area (Å²) in [7, 11) is 0. The summed E-state index contributed by atoms with van der Waals surface area (Å²) in [6.45, 7) is 8.15. The molecule has 5 heteroatoms. The minimum absolute atomic E-state index is 0.151. The Bertz CT molecular complexity index is 1100. The highest BCUT2D eigenvalue weighted by Crippen LogP contribution is 2.27. The van der Waals surface area contributed by atoms with Crippen LogP contribution in [0.2, 0.25) is 0 Å². The Hall–Kier alpha value is -2.79. The van der Waals surface area contributed by atoms with Crippen molar-refractivity contribution in [1.82, 2.24) is 10.3 Å². The standard InChI is InChI=1S/C24H26N2O2S/c1-15-8-9-22(17(3)10-15)29-14-19-6-5-7-20(12-19)23(27)25-13-21-16(2)11-18(4)26-24(21)28/h5-12H,13-14H2,1-4H3,(H,25,27)(H,26,28). The van der Waals surface area contributed by atoms with Crippen molar-refractivity contribution in [2.45, 2.75) is 44.9 Å². The van der Waals surface area contributed by atoms with Crippen LogP contribution in [0.25, 0.3) is 0 Å². The lowest BCUT2D eigenvalue weighted by Gasteiger charge is -2.10. The molecule has 0 aliphatic heterocycles. The summed E-state index contributed by atoms with van der Waals surface area (Å²) in [5.41, 5.74) is 6.35. The molecule has 1 aromatic heterocycles. The van der Waals surface area contributed by atoms with Gasteiger partial charge in [0.25, 0.3) is 11.5 Å². The Labute approximate surface area is 175 Å². The van der Waals surface area contributed by atoms with Crippen LogP contribution < -0.4 is 10.9 Å². The van der Waals surface area contributed by atoms with Gasteiger partial charge in [-0.1, -0.05) is 29.8 Å². The summed E-state index contributed by atoms with van der Waals surface area (Å²) < 4.78 is 0. The smallest absolute Gasteiger partial charge is 0.253 e. The molecule has 3 aromatic rings. The Morgan fingerprint density at radius 2 is 1.79 bits per heavy atom. The van der Waals surface area contributed by atoms with Crippen molar-refractivity contribution in [2.75, 3.05) is 0 Å². The zero-order valence-corrected chi connectivity index (χ0v) is 18.1. The maximum atomic E-state index is 12.6. The molecule has 0 unspecified atom stereocenters. The molecule has 0 aliphatic rings. The Kier molecular flexibility index (Phi) is 6.60. The first-order valence-corrected chi connectivity index (χ1v) is 10.6. The monoisotopic (exact) mass is 406 g/mol. The van der Waals surface area contributed by atoms with Gasteiger partial charge >= 0.3 is 0 Å². The van der Waals surface area contributed by atoms with E-state index in [-0.39, 0.29) is 18.0 Å². The summed E-state index contributed by atoms with van der Waals surface area (Å²) in [5.74, 6) is 0.615. The summed E-state index contributed by atoms with van der Waals surface area (Å²) in [5, 5.41) is 2.87. The van der Waals surface area contributed by atoms with Gasteiger partial charge in [0.15, 0.2) is 0 Å². The van der Waals surface area contributed by atoms with E-state index in [4.69, 9.17) is 0 Å². The highest BCUT2D eigenvalue weighted by Gasteiger charge is 2.10. The third-order valence-electron chi connectivity index (χ3n) is 4.83. The number of carbonyl (C=O) groups excluding carboxylic acids is 1. The van der Waals surface area contributed by atoms with Gasteiger partial charge in [0.05, 0.1) is 0 Å². The molecular weight excluding hydrogens is 380 g/mol. The Morgan fingerprint density at radius 3 is 2.52 bits per heavy atom. The zero-order valence-electron chi connectivity index (χ0n) is 17.3. The third kappa shape index (κ3) is 5.39. The number of pyridine rings is 1. The number of aromatic nitrogens is 1. The second-order valence-corrected chi connectivity index (χ2v) is 8.40. The van der Waals surface area contributed by atoms with Crippen LogP contribution >= 0.6 is 11.8 Å². The van der Waals surface area contributed by atoms with E-state index >= 15 is 0 Å². The van der Waals surface area contributed by atoms with Gasteiger partial charge in [-0.3, -0.25) is 9.59 Å². The van der Waals surface area contributed by atoms with Crippen LogP contribution in [-0.4, -0.2) is 10.9 Å². The Balaban J connectivity index is 1.66. The molecule has 3 rings (SSSR count). The maximum absolute atomic E-state index is 12.6. The maximum Gasteiger partial charge on any atom is 0.253 e. The van der Waals surface area contributed by atoms with Gasteiger partial charge in [-0.15, -0.1) is 11.8 Å². The van der Waals surface area contributed by atoms with Gasteiger partial charge in [0.2, 0.25) is 0 Å². The number of thioether (sulfide) groups is 1. The highest BCUT2D eigenvalue weighted by molar-refractivity contribution is 7.98. The molecular formula is C24H26N2O2S. The van der Waals surface area contributed by atoms with E-state index in [0.717, 1.165) is 22.6 Å². The predicted molar refractivity (Wildman–Crippen MR) is 120 cm³/mol. The van der Waals surface area contributed by atoms with E-state index in [1.54, 1.807) is 17.8 Å². The van der Waals surface area contributed by atoms with Crippen LogP contribution in [0.15, 0.2) is 58.2 Å². The van der Waals surface area contributed by atoms with E-state index in [9.17, 15) is 9.59 Å². The molecule has 4 nitrogen and oxygen atoms in total. The predicted octanol–water partition coefficient (Wildman–Crippen LogP) is 4.83. The van der Waals surface area contributed by atoms with Crippen molar-refractivity contribution in [3.8, 4) is 0 Å². The number of aryl methyl sites for hydroxylation is 4. The van der Waals surface area contributed by atoms with Crippen molar-refractivity contribution < 1.29 is 4.79 Å². The zero-order chi connectivity index (χ0) is 21.0. The molecule has 0 bridgehead atoms. The average molecular weight is 407 g/mol. The molecule has 0 saturated heterocycles. The van der Waals surface area contributed by atoms with Crippen LogP contribution in [-0.2, 0) is 12.3 Å². The van der Waals surface area contributed by atoms with Crippen LogP contribution in [0.1, 0.15) is 43.9 Å². The number of nitrogens with one attached hydrogen (secondary N) is 2. The second kappa shape index (κ2) is 9.14. The topological polar surface area (TPSA) is 62.0 Å². The minimum atomic E-state index is -0.178. The lowest BCUT2D eigenvalue weighted by Crippen LogP contribution is -2.28. The molecule has 0 fully saturated rings. The lowest BCUT2D eigenvalue weighted by molar-refractivity contribution is 0.0950. The molecule has 2 N–H and O–H groups in total. The van der Waals surface area contributed by atoms with Gasteiger partial charge in [0.1, 0.15) is 0 Å². The largest absolute Gasteiger partial charge is 0.348 e. The molecule has 29 heavy (non-hydrogen) atoms. The molecule has 0 spiro atoms. The first kappa shape index (κ1) is 20.9. The number of hydrogen-bond acceptors (Lipinski definition) is 3. The van der Waals surface area contributed by atoms with Gasteiger partial charge in [-0.05, 0) is 68.7 Å². The molecule has 150 valence electrons. The summed E-state index contributed by atoms with van der Waals surface area (Å²) in [4.78, 5) is 28.8. The van der Waals surface area contributed by atoms with Crippen molar-refractivity contribution in [3.05, 3.63) is 98.0 Å². The first-order chi connectivity index (χ1) is 13.8. The minimum Gasteiger partial charge on any atom is -0.348 e. The molecule has 1 heterocycles. The molecule has 2 aromatic carbocycles. The van der Waals surface area contributed by atoms with E-state index < -0.39 is 0 Å². The molecule has 0 radical (unpaired) electrons. The van der Waals surface area contributed by atoms with E-state index in [1.165, 1.54) is 16.0 Å². The third-order valence-corrected chi connectivity index (χ3v) is 6.08. The SMILES string of the molecule is Cc1ccc(SCc2cccc(C(=O)NCc3c(C)cc(C)[nH]c3=O)c2)c(C)c1. The Morgan fingerprint density at radius 1 is 1.00 bits per heavy atom. The average Bonchev–Trinajstić information content (AvgIpc) is 2.66. The van der Waals surface area contributed by atoms with Crippen molar-refractivity contribution in [2.24, 2.45) is 0 Å². The van der Waals surface area contributed by atoms with Crippen molar-refractivity contribution >= 4 is 17.7 Å². The summed E-state index contributed by atoms with van der Waals surface area (Å²) in [6.07, 6.45) is 0. The van der Waals surface area contributed by atoms with Crippen LogP contribution in [0, 0.1) is 27.7 Å². The number of rotatable bonds is 6. The number of H-pyrrole nitrogens is 1. The van der Waals surface area contributed by atoms with Crippen molar-refractivity contribution in [1.29, 1.82) is 0 Å². The van der Waals surface area contributed by atoms with Crippen molar-refractivity contribution in [3.63, 3.8) is 0 Å². The second-order valence-electron chi connectivity index (χ2n) is 7.38. The quantitative estimate of drug-likeness (QED) is 0.576.